The lowest BCUT2D eigenvalue weighted by molar-refractivity contribution is -0.140. The van der Waals surface area contributed by atoms with Crippen molar-refractivity contribution < 1.29 is 27.5 Å². The van der Waals surface area contributed by atoms with Gasteiger partial charge < -0.3 is 19.7 Å². The Morgan fingerprint density at radius 3 is 2.11 bits per heavy atom. The van der Waals surface area contributed by atoms with Crippen LogP contribution in [0.2, 0.25) is 5.02 Å². The van der Waals surface area contributed by atoms with Crippen LogP contribution in [0.1, 0.15) is 25.0 Å². The standard InChI is InChI=1S/C35H38ClN3O6S/c1-25(2)37-35(41)32(22-26-11-6-5-7-12-26)38(23-27-13-10-14-28(36)21-27)34(40)24-39(31-15-8-9-16-33(31)45-4)46(42,43)30-19-17-29(44-3)18-20-30/h5-21,25,32H,22-24H2,1-4H3,(H,37,41). The molecule has 0 spiro atoms. The third-order valence-corrected chi connectivity index (χ3v) is 9.23. The number of methoxy groups -OCH3 is 2. The molecule has 0 heterocycles. The second kappa shape index (κ2) is 15.6. The van der Waals surface area contributed by atoms with E-state index in [1.807, 2.05) is 44.2 Å². The van der Waals surface area contributed by atoms with Gasteiger partial charge in [-0.15, -0.1) is 0 Å². The van der Waals surface area contributed by atoms with Crippen LogP contribution in [0, 0.1) is 0 Å². The van der Waals surface area contributed by atoms with Crippen LogP contribution in [0.4, 0.5) is 5.69 Å². The second-order valence-corrected chi connectivity index (χ2v) is 13.2. The van der Waals surface area contributed by atoms with Crippen LogP contribution in [-0.2, 0) is 32.6 Å². The molecule has 2 amide bonds. The number of halogens is 1. The molecule has 0 saturated carbocycles. The van der Waals surface area contributed by atoms with Crippen molar-refractivity contribution >= 4 is 39.1 Å². The summed E-state index contributed by atoms with van der Waals surface area (Å²) in [4.78, 5) is 29.7. The Balaban J connectivity index is 1.83. The SMILES string of the molecule is COc1ccc(S(=O)(=O)N(CC(=O)N(Cc2cccc(Cl)c2)C(Cc2ccccc2)C(=O)NC(C)C)c2ccccc2OC)cc1. The average molecular weight is 664 g/mol. The Kier molecular flexibility index (Phi) is 11.7. The fourth-order valence-electron chi connectivity index (χ4n) is 4.99. The lowest BCUT2D eigenvalue weighted by Crippen LogP contribution is -2.54. The van der Waals surface area contributed by atoms with Crippen LogP contribution in [0.15, 0.2) is 108 Å². The number of nitrogens with one attached hydrogen (secondary N) is 1. The molecule has 1 unspecified atom stereocenters. The average Bonchev–Trinajstić information content (AvgIpc) is 3.05. The molecule has 4 rings (SSSR count). The molecular formula is C35H38ClN3O6S. The smallest absolute Gasteiger partial charge is 0.264 e. The van der Waals surface area contributed by atoms with Gasteiger partial charge in [-0.1, -0.05) is 66.2 Å². The molecule has 0 aliphatic rings. The topological polar surface area (TPSA) is 105 Å². The maximum absolute atomic E-state index is 14.6. The molecule has 0 aromatic heterocycles. The summed E-state index contributed by atoms with van der Waals surface area (Å²) < 4.78 is 40.3. The van der Waals surface area contributed by atoms with Gasteiger partial charge in [0.1, 0.15) is 24.1 Å². The van der Waals surface area contributed by atoms with E-state index < -0.39 is 28.5 Å². The molecule has 9 nitrogen and oxygen atoms in total. The third-order valence-electron chi connectivity index (χ3n) is 7.22. The fraction of sp³-hybridized carbons (Fsp3) is 0.257. The number of carbonyl (C=O) groups excluding carboxylic acids is 2. The van der Waals surface area contributed by atoms with E-state index in [9.17, 15) is 18.0 Å². The molecule has 46 heavy (non-hydrogen) atoms. The Hall–Kier alpha value is -4.54. The zero-order chi connectivity index (χ0) is 33.3. The zero-order valence-corrected chi connectivity index (χ0v) is 27.8. The molecule has 0 bridgehead atoms. The number of carbonyl (C=O) groups is 2. The minimum absolute atomic E-state index is 0.00472. The van der Waals surface area contributed by atoms with E-state index in [0.29, 0.717) is 16.3 Å². The first-order valence-electron chi connectivity index (χ1n) is 14.7. The molecule has 0 aliphatic carbocycles. The van der Waals surface area contributed by atoms with Gasteiger partial charge >= 0.3 is 0 Å². The molecule has 0 saturated heterocycles. The Bertz CT molecular complexity index is 1730. The zero-order valence-electron chi connectivity index (χ0n) is 26.2. The van der Waals surface area contributed by atoms with Gasteiger partial charge in [0, 0.05) is 24.0 Å². The number of rotatable bonds is 14. The minimum Gasteiger partial charge on any atom is -0.497 e. The Morgan fingerprint density at radius 1 is 0.826 bits per heavy atom. The van der Waals surface area contributed by atoms with Crippen LogP contribution in [-0.4, -0.2) is 58.0 Å². The summed E-state index contributed by atoms with van der Waals surface area (Å²) in [5, 5.41) is 3.41. The van der Waals surface area contributed by atoms with Crippen molar-refractivity contribution in [1.29, 1.82) is 0 Å². The number of amides is 2. The van der Waals surface area contributed by atoms with Gasteiger partial charge in [-0.3, -0.25) is 13.9 Å². The highest BCUT2D eigenvalue weighted by atomic mass is 35.5. The van der Waals surface area contributed by atoms with Crippen molar-refractivity contribution in [2.75, 3.05) is 25.1 Å². The number of nitrogens with zero attached hydrogens (tertiary/aromatic N) is 2. The van der Waals surface area contributed by atoms with E-state index in [1.165, 1.54) is 43.4 Å². The van der Waals surface area contributed by atoms with Gasteiger partial charge in [0.15, 0.2) is 0 Å². The largest absolute Gasteiger partial charge is 0.497 e. The highest BCUT2D eigenvalue weighted by Gasteiger charge is 2.35. The lowest BCUT2D eigenvalue weighted by atomic mass is 10.0. The molecular weight excluding hydrogens is 626 g/mol. The summed E-state index contributed by atoms with van der Waals surface area (Å²) in [5.41, 5.74) is 1.68. The first-order chi connectivity index (χ1) is 22.0. The fourth-order valence-corrected chi connectivity index (χ4v) is 6.63. The number of anilines is 1. The molecule has 1 atom stereocenters. The summed E-state index contributed by atoms with van der Waals surface area (Å²) in [5.74, 6) is -0.225. The molecule has 242 valence electrons. The number of sulfonamides is 1. The van der Waals surface area contributed by atoms with Crippen LogP contribution in [0.3, 0.4) is 0 Å². The van der Waals surface area contributed by atoms with Crippen molar-refractivity contribution in [2.24, 2.45) is 0 Å². The van der Waals surface area contributed by atoms with Crippen molar-refractivity contribution in [1.82, 2.24) is 10.2 Å². The van der Waals surface area contributed by atoms with E-state index >= 15 is 0 Å². The van der Waals surface area contributed by atoms with Crippen molar-refractivity contribution in [3.8, 4) is 11.5 Å². The summed E-state index contributed by atoms with van der Waals surface area (Å²) in [6.45, 7) is 3.07. The summed E-state index contributed by atoms with van der Waals surface area (Å²) in [6, 6.07) is 27.6. The number of hydrogen-bond acceptors (Lipinski definition) is 6. The first-order valence-corrected chi connectivity index (χ1v) is 16.5. The van der Waals surface area contributed by atoms with Crippen molar-refractivity contribution in [3.63, 3.8) is 0 Å². The molecule has 0 fully saturated rings. The lowest BCUT2D eigenvalue weighted by Gasteiger charge is -2.34. The Labute approximate surface area is 275 Å². The Morgan fingerprint density at radius 2 is 1.48 bits per heavy atom. The number of para-hydroxylation sites is 2. The van der Waals surface area contributed by atoms with Gasteiger partial charge in [0.2, 0.25) is 11.8 Å². The maximum Gasteiger partial charge on any atom is 0.264 e. The normalized spacial score (nSPS) is 11.9. The van der Waals surface area contributed by atoms with E-state index in [2.05, 4.69) is 5.32 Å². The van der Waals surface area contributed by atoms with Crippen LogP contribution in [0.5, 0.6) is 11.5 Å². The molecule has 0 radical (unpaired) electrons. The summed E-state index contributed by atoms with van der Waals surface area (Å²) in [6.07, 6.45) is 0.200. The van der Waals surface area contributed by atoms with E-state index in [1.54, 1.807) is 48.5 Å². The van der Waals surface area contributed by atoms with Crippen molar-refractivity contribution in [3.05, 3.63) is 119 Å². The van der Waals surface area contributed by atoms with Crippen LogP contribution in [0.25, 0.3) is 0 Å². The highest BCUT2D eigenvalue weighted by Crippen LogP contribution is 2.33. The van der Waals surface area contributed by atoms with Crippen LogP contribution >= 0.6 is 11.6 Å². The maximum atomic E-state index is 14.6. The van der Waals surface area contributed by atoms with Crippen LogP contribution < -0.4 is 19.1 Å². The number of benzene rings is 4. The highest BCUT2D eigenvalue weighted by molar-refractivity contribution is 7.92. The monoisotopic (exact) mass is 663 g/mol. The van der Waals surface area contributed by atoms with Gasteiger partial charge in [0.25, 0.3) is 10.0 Å². The second-order valence-electron chi connectivity index (χ2n) is 10.9. The predicted molar refractivity (Wildman–Crippen MR) is 180 cm³/mol. The minimum atomic E-state index is -4.32. The van der Waals surface area contributed by atoms with Gasteiger partial charge in [-0.2, -0.15) is 0 Å². The number of hydrogen-bond donors (Lipinski definition) is 1. The first kappa shape index (κ1) is 34.3. The third kappa shape index (κ3) is 8.58. The van der Waals surface area contributed by atoms with Gasteiger partial charge in [-0.05, 0) is 73.5 Å². The summed E-state index contributed by atoms with van der Waals surface area (Å²) >= 11 is 6.30. The van der Waals surface area contributed by atoms with E-state index in [-0.39, 0.29) is 41.2 Å². The van der Waals surface area contributed by atoms with Crippen molar-refractivity contribution in [2.45, 2.75) is 43.8 Å². The quantitative estimate of drug-likeness (QED) is 0.185. The molecule has 0 aliphatic heterocycles. The van der Waals surface area contributed by atoms with Gasteiger partial charge in [-0.25, -0.2) is 8.42 Å². The molecule has 4 aromatic carbocycles. The van der Waals surface area contributed by atoms with E-state index in [0.717, 1.165) is 9.87 Å². The molecule has 4 aromatic rings. The predicted octanol–water partition coefficient (Wildman–Crippen LogP) is 5.72. The molecule has 1 N–H and O–H groups in total. The van der Waals surface area contributed by atoms with E-state index in [4.69, 9.17) is 21.1 Å². The summed E-state index contributed by atoms with van der Waals surface area (Å²) in [7, 11) is -1.40. The van der Waals surface area contributed by atoms with Gasteiger partial charge in [0.05, 0.1) is 24.8 Å². The number of ether oxygens (including phenoxy) is 2. The molecule has 11 heteroatoms.